The normalized spacial score (nSPS) is 17.7. The molecule has 0 radical (unpaired) electrons. The average Bonchev–Trinajstić information content (AvgIpc) is 3.47. The van der Waals surface area contributed by atoms with Gasteiger partial charge in [0.25, 0.3) is 0 Å². The van der Waals surface area contributed by atoms with Gasteiger partial charge in [0, 0.05) is 18.9 Å². The van der Waals surface area contributed by atoms with Gasteiger partial charge in [0.05, 0.1) is 12.8 Å². The maximum atomic E-state index is 13.9. The molecule has 0 fully saturated rings. The molecule has 11 heteroatoms. The highest BCUT2D eigenvalue weighted by atomic mass is 19.2. The summed E-state index contributed by atoms with van der Waals surface area (Å²) >= 11 is 0. The van der Waals surface area contributed by atoms with E-state index in [1.165, 1.54) is 4.68 Å². The molecule has 4 heterocycles. The van der Waals surface area contributed by atoms with Gasteiger partial charge in [-0.05, 0) is 61.2 Å². The Morgan fingerprint density at radius 2 is 1.89 bits per heavy atom. The molecule has 0 amide bonds. The van der Waals surface area contributed by atoms with Crippen molar-refractivity contribution in [3.63, 3.8) is 0 Å². The number of aliphatic hydroxyl groups is 1. The molecule has 0 unspecified atom stereocenters. The van der Waals surface area contributed by atoms with Crippen molar-refractivity contribution in [1.82, 2.24) is 29.3 Å². The van der Waals surface area contributed by atoms with E-state index >= 15 is 0 Å². The molecule has 1 aromatic carbocycles. The topological polar surface area (TPSA) is 90.9 Å². The fourth-order valence-corrected chi connectivity index (χ4v) is 4.15. The molecule has 1 N–H and O–H groups in total. The largest absolute Gasteiger partial charge is 0.493 e. The maximum Gasteiger partial charge on any atom is 0.194 e. The molecule has 0 saturated carbocycles. The van der Waals surface area contributed by atoms with Crippen molar-refractivity contribution in [3.05, 3.63) is 82.8 Å². The third-order valence-corrected chi connectivity index (χ3v) is 5.88. The Morgan fingerprint density at radius 3 is 2.57 bits per heavy atom. The minimum absolute atomic E-state index is 0.114. The van der Waals surface area contributed by atoms with Gasteiger partial charge in [0.15, 0.2) is 40.7 Å². The molecule has 1 aliphatic rings. The van der Waals surface area contributed by atoms with E-state index in [1.807, 2.05) is 13.1 Å². The Bertz CT molecular complexity index is 1420. The fraction of sp³-hybridized carbons (Fsp3) is 0.250. The number of hydrogen-bond donors (Lipinski definition) is 1. The van der Waals surface area contributed by atoms with E-state index in [0.717, 1.165) is 17.8 Å². The molecule has 1 aliphatic heterocycles. The minimum atomic E-state index is -1.80. The van der Waals surface area contributed by atoms with Gasteiger partial charge in [0.2, 0.25) is 0 Å². The van der Waals surface area contributed by atoms with Crippen molar-refractivity contribution in [3.8, 4) is 11.6 Å². The Kier molecular flexibility index (Phi) is 5.64. The van der Waals surface area contributed by atoms with Crippen LogP contribution >= 0.6 is 0 Å². The number of benzene rings is 1. The summed E-state index contributed by atoms with van der Waals surface area (Å²) in [5.41, 5.74) is -0.355. The van der Waals surface area contributed by atoms with Crippen LogP contribution in [0.5, 0.6) is 5.75 Å². The zero-order valence-electron chi connectivity index (χ0n) is 18.9. The van der Waals surface area contributed by atoms with Crippen LogP contribution in [-0.4, -0.2) is 41.5 Å². The molecule has 0 saturated heterocycles. The van der Waals surface area contributed by atoms with Crippen molar-refractivity contribution in [2.75, 3.05) is 7.11 Å². The first-order valence-electron chi connectivity index (χ1n) is 10.8. The first kappa shape index (κ1) is 22.8. The maximum absolute atomic E-state index is 13.9. The Balaban J connectivity index is 1.45. The number of halogens is 3. The number of rotatable bonds is 5. The van der Waals surface area contributed by atoms with Crippen LogP contribution in [0.15, 0.2) is 36.9 Å². The standard InChI is InChI=1S/C24H21F3N6O2/c1-14-12-32(13-29-14)22-19(35-2)8-15(11-28-22)4-5-20-30-23-24(34,6-3-7-33(23)31-20)16-9-17(25)21(27)18(26)10-16/h4-5,8-13,34H,3,6-7H2,1-2H3/b5-4+/t24-/m1/s1. The summed E-state index contributed by atoms with van der Waals surface area (Å²) in [5.74, 6) is -2.79. The van der Waals surface area contributed by atoms with Crippen LogP contribution in [0, 0.1) is 24.4 Å². The molecule has 180 valence electrons. The lowest BCUT2D eigenvalue weighted by atomic mass is 9.86. The number of nitrogens with zero attached hydrogens (tertiary/aromatic N) is 6. The van der Waals surface area contributed by atoms with Crippen LogP contribution in [0.1, 0.15) is 41.3 Å². The van der Waals surface area contributed by atoms with Crippen LogP contribution in [0.25, 0.3) is 18.0 Å². The molecule has 0 spiro atoms. The van der Waals surface area contributed by atoms with Gasteiger partial charge in [-0.3, -0.25) is 4.57 Å². The van der Waals surface area contributed by atoms with Crippen molar-refractivity contribution in [2.45, 2.75) is 31.9 Å². The molecular formula is C24H21F3N6O2. The van der Waals surface area contributed by atoms with Crippen molar-refractivity contribution >= 4 is 12.2 Å². The second kappa shape index (κ2) is 8.66. The highest BCUT2D eigenvalue weighted by Crippen LogP contribution is 2.37. The van der Waals surface area contributed by atoms with E-state index in [9.17, 15) is 18.3 Å². The molecular weight excluding hydrogens is 461 g/mol. The van der Waals surface area contributed by atoms with Crippen LogP contribution in [0.2, 0.25) is 0 Å². The third-order valence-electron chi connectivity index (χ3n) is 5.88. The van der Waals surface area contributed by atoms with Crippen LogP contribution in [0.4, 0.5) is 13.2 Å². The number of methoxy groups -OCH3 is 1. The summed E-state index contributed by atoms with van der Waals surface area (Å²) in [5, 5.41) is 15.7. The molecule has 0 bridgehead atoms. The van der Waals surface area contributed by atoms with E-state index in [0.29, 0.717) is 30.1 Å². The van der Waals surface area contributed by atoms with E-state index in [2.05, 4.69) is 20.1 Å². The van der Waals surface area contributed by atoms with Crippen molar-refractivity contribution in [2.24, 2.45) is 0 Å². The van der Waals surface area contributed by atoms with Crippen molar-refractivity contribution in [1.29, 1.82) is 0 Å². The summed E-state index contributed by atoms with van der Waals surface area (Å²) in [4.78, 5) is 13.1. The third kappa shape index (κ3) is 4.08. The van der Waals surface area contributed by atoms with Gasteiger partial charge in [-0.25, -0.2) is 32.8 Å². The number of pyridine rings is 1. The van der Waals surface area contributed by atoms with Gasteiger partial charge < -0.3 is 9.84 Å². The number of imidazole rings is 1. The lowest BCUT2D eigenvalue weighted by Gasteiger charge is -2.31. The van der Waals surface area contributed by atoms with E-state index in [1.54, 1.807) is 42.4 Å². The predicted octanol–water partition coefficient (Wildman–Crippen LogP) is 3.79. The summed E-state index contributed by atoms with van der Waals surface area (Å²) in [6, 6.07) is 3.38. The Morgan fingerprint density at radius 1 is 1.11 bits per heavy atom. The Labute approximate surface area is 198 Å². The summed E-state index contributed by atoms with van der Waals surface area (Å²) in [7, 11) is 1.55. The second-order valence-corrected chi connectivity index (χ2v) is 8.28. The van der Waals surface area contributed by atoms with Gasteiger partial charge in [-0.15, -0.1) is 0 Å². The number of aromatic nitrogens is 6. The Hall–Kier alpha value is -3.99. The number of ether oxygens (including phenoxy) is 1. The lowest BCUT2D eigenvalue weighted by Crippen LogP contribution is -2.36. The quantitative estimate of drug-likeness (QED) is 0.436. The van der Waals surface area contributed by atoms with Gasteiger partial charge in [-0.2, -0.15) is 5.10 Å². The van der Waals surface area contributed by atoms with Gasteiger partial charge >= 0.3 is 0 Å². The number of hydrogen-bond acceptors (Lipinski definition) is 6. The van der Waals surface area contributed by atoms with Crippen LogP contribution in [-0.2, 0) is 12.1 Å². The lowest BCUT2D eigenvalue weighted by molar-refractivity contribution is 0.0387. The fourth-order valence-electron chi connectivity index (χ4n) is 4.15. The number of aryl methyl sites for hydroxylation is 2. The zero-order valence-corrected chi connectivity index (χ0v) is 18.9. The molecule has 4 aromatic rings. The van der Waals surface area contributed by atoms with E-state index in [4.69, 9.17) is 4.74 Å². The first-order valence-corrected chi connectivity index (χ1v) is 10.8. The van der Waals surface area contributed by atoms with Gasteiger partial charge in [0.1, 0.15) is 11.9 Å². The summed E-state index contributed by atoms with van der Waals surface area (Å²) in [6.45, 7) is 2.35. The molecule has 35 heavy (non-hydrogen) atoms. The van der Waals surface area contributed by atoms with E-state index in [-0.39, 0.29) is 23.6 Å². The molecule has 1 atom stereocenters. The molecule has 8 nitrogen and oxygen atoms in total. The zero-order chi connectivity index (χ0) is 24.7. The summed E-state index contributed by atoms with van der Waals surface area (Å²) < 4.78 is 49.9. The minimum Gasteiger partial charge on any atom is -0.493 e. The second-order valence-electron chi connectivity index (χ2n) is 8.28. The average molecular weight is 482 g/mol. The van der Waals surface area contributed by atoms with Gasteiger partial charge in [-0.1, -0.05) is 0 Å². The summed E-state index contributed by atoms with van der Waals surface area (Å²) in [6.07, 6.45) is 9.16. The SMILES string of the molecule is COc1cc(/C=C/c2nc3n(n2)CCC[C@@]3(O)c2cc(F)c(F)c(F)c2)cnc1-n1cnc(C)c1. The number of fused-ring (bicyclic) bond motifs is 1. The first-order chi connectivity index (χ1) is 16.8. The monoisotopic (exact) mass is 482 g/mol. The predicted molar refractivity (Wildman–Crippen MR) is 120 cm³/mol. The highest BCUT2D eigenvalue weighted by Gasteiger charge is 2.40. The smallest absolute Gasteiger partial charge is 0.194 e. The molecule has 0 aliphatic carbocycles. The van der Waals surface area contributed by atoms with Crippen molar-refractivity contribution < 1.29 is 23.0 Å². The van der Waals surface area contributed by atoms with E-state index < -0.39 is 23.1 Å². The highest BCUT2D eigenvalue weighted by molar-refractivity contribution is 5.67. The van der Waals surface area contributed by atoms with Crippen LogP contribution in [0.3, 0.4) is 0 Å². The molecule has 5 rings (SSSR count). The van der Waals surface area contributed by atoms with Crippen LogP contribution < -0.4 is 4.74 Å². The molecule has 3 aromatic heterocycles.